The molecule has 0 spiro atoms. The Bertz CT molecular complexity index is 1300. The van der Waals surface area contributed by atoms with Gasteiger partial charge < -0.3 is 14.8 Å². The molecule has 1 aliphatic rings. The van der Waals surface area contributed by atoms with E-state index in [-0.39, 0.29) is 5.92 Å². The van der Waals surface area contributed by atoms with Crippen LogP contribution in [-0.4, -0.2) is 25.7 Å². The molecule has 1 N–H and O–H groups in total. The summed E-state index contributed by atoms with van der Waals surface area (Å²) in [5.74, 6) is 2.63. The van der Waals surface area contributed by atoms with E-state index in [0.29, 0.717) is 0 Å². The Hall–Kier alpha value is -3.53. The van der Waals surface area contributed by atoms with Crippen molar-refractivity contribution in [2.45, 2.75) is 32.1 Å². The van der Waals surface area contributed by atoms with Crippen LogP contribution in [0.25, 0.3) is 22.0 Å². The molecule has 1 unspecified atom stereocenters. The largest absolute Gasteiger partial charge is 0.493 e. The molecular formula is C29H30N2O2. The quantitative estimate of drug-likeness (QED) is 0.322. The van der Waals surface area contributed by atoms with E-state index in [0.717, 1.165) is 54.4 Å². The van der Waals surface area contributed by atoms with Crippen molar-refractivity contribution in [3.05, 3.63) is 83.4 Å². The number of nitrogens with zero attached hydrogens (tertiary/aromatic N) is 1. The number of aromatic nitrogens is 1. The average molecular weight is 439 g/mol. The monoisotopic (exact) mass is 438 g/mol. The molecule has 0 saturated heterocycles. The van der Waals surface area contributed by atoms with Crippen molar-refractivity contribution >= 4 is 16.6 Å². The van der Waals surface area contributed by atoms with Crippen molar-refractivity contribution in [1.29, 1.82) is 0 Å². The smallest absolute Gasteiger partial charge is 0.164 e. The van der Waals surface area contributed by atoms with Gasteiger partial charge in [-0.25, -0.2) is 4.98 Å². The summed E-state index contributed by atoms with van der Waals surface area (Å²) in [4.78, 5) is 5.25. The number of hydrogen-bond donors (Lipinski definition) is 1. The first-order valence-electron chi connectivity index (χ1n) is 11.7. The number of anilines is 1. The Balaban J connectivity index is 1.79. The predicted octanol–water partition coefficient (Wildman–Crippen LogP) is 6.82. The molecule has 3 aromatic carbocycles. The number of rotatable bonds is 7. The van der Waals surface area contributed by atoms with E-state index < -0.39 is 0 Å². The van der Waals surface area contributed by atoms with E-state index in [4.69, 9.17) is 14.5 Å². The Morgan fingerprint density at radius 1 is 0.909 bits per heavy atom. The molecule has 0 bridgehead atoms. The van der Waals surface area contributed by atoms with Crippen LogP contribution in [0, 0.1) is 0 Å². The highest BCUT2D eigenvalue weighted by atomic mass is 16.5. The van der Waals surface area contributed by atoms with Crippen molar-refractivity contribution < 1.29 is 9.47 Å². The first kappa shape index (κ1) is 21.3. The standard InChI is InChI=1S/C29H30N2O2/c1-4-5-17-30-29-23-14-9-8-13-21(23)26-24(22-15-10-16-25(32-2)28(22)33-3)18-19-11-6-7-12-20(19)27(26)31-29/h6-16,24H,4-5,17-18H2,1-3H3,(H,30,31). The lowest BCUT2D eigenvalue weighted by atomic mass is 9.75. The van der Waals surface area contributed by atoms with E-state index >= 15 is 0 Å². The maximum atomic E-state index is 5.87. The molecule has 1 heterocycles. The maximum Gasteiger partial charge on any atom is 0.164 e. The molecule has 1 atom stereocenters. The highest BCUT2D eigenvalue weighted by molar-refractivity contribution is 5.99. The molecule has 0 radical (unpaired) electrons. The summed E-state index contributed by atoms with van der Waals surface area (Å²) >= 11 is 0. The molecule has 5 rings (SSSR count). The zero-order valence-corrected chi connectivity index (χ0v) is 19.5. The number of para-hydroxylation sites is 1. The van der Waals surface area contributed by atoms with Gasteiger partial charge in [-0.05, 0) is 35.4 Å². The van der Waals surface area contributed by atoms with Crippen molar-refractivity contribution in [2.75, 3.05) is 26.1 Å². The van der Waals surface area contributed by atoms with Gasteiger partial charge in [0.05, 0.1) is 19.9 Å². The lowest BCUT2D eigenvalue weighted by molar-refractivity contribution is 0.350. The third kappa shape index (κ3) is 3.70. The molecule has 33 heavy (non-hydrogen) atoms. The van der Waals surface area contributed by atoms with Crippen molar-refractivity contribution in [2.24, 2.45) is 0 Å². The van der Waals surface area contributed by atoms with Crippen LogP contribution in [0.2, 0.25) is 0 Å². The van der Waals surface area contributed by atoms with Gasteiger partial charge in [-0.2, -0.15) is 0 Å². The molecule has 4 aromatic rings. The van der Waals surface area contributed by atoms with E-state index in [1.165, 1.54) is 27.5 Å². The molecule has 0 amide bonds. The lowest BCUT2D eigenvalue weighted by Gasteiger charge is -2.31. The molecule has 4 heteroatoms. The van der Waals surface area contributed by atoms with E-state index in [1.54, 1.807) is 14.2 Å². The minimum Gasteiger partial charge on any atom is -0.493 e. The molecule has 168 valence electrons. The van der Waals surface area contributed by atoms with Crippen LogP contribution in [0.5, 0.6) is 11.5 Å². The summed E-state index contributed by atoms with van der Waals surface area (Å²) in [5, 5.41) is 6.02. The number of hydrogen-bond acceptors (Lipinski definition) is 4. The summed E-state index contributed by atoms with van der Waals surface area (Å²) in [7, 11) is 3.41. The highest BCUT2D eigenvalue weighted by Gasteiger charge is 2.32. The number of pyridine rings is 1. The van der Waals surface area contributed by atoms with Crippen LogP contribution in [0.4, 0.5) is 5.82 Å². The van der Waals surface area contributed by atoms with Gasteiger partial charge in [-0.15, -0.1) is 0 Å². The zero-order valence-electron chi connectivity index (χ0n) is 19.5. The second kappa shape index (κ2) is 9.14. The topological polar surface area (TPSA) is 43.4 Å². The summed E-state index contributed by atoms with van der Waals surface area (Å²) < 4.78 is 11.5. The van der Waals surface area contributed by atoms with Gasteiger partial charge in [-0.3, -0.25) is 0 Å². The fourth-order valence-electron chi connectivity index (χ4n) is 5.06. The minimum absolute atomic E-state index is 0.113. The van der Waals surface area contributed by atoms with Crippen molar-refractivity contribution in [3.8, 4) is 22.8 Å². The molecule has 1 aliphatic carbocycles. The third-order valence-corrected chi connectivity index (χ3v) is 6.63. The Kier molecular flexibility index (Phi) is 5.91. The second-order valence-corrected chi connectivity index (χ2v) is 8.55. The highest BCUT2D eigenvalue weighted by Crippen LogP contribution is 2.49. The summed E-state index contributed by atoms with van der Waals surface area (Å²) in [5.41, 5.74) is 5.98. The first-order valence-corrected chi connectivity index (χ1v) is 11.7. The number of unbranched alkanes of at least 4 members (excludes halogenated alkanes) is 1. The Morgan fingerprint density at radius 3 is 2.48 bits per heavy atom. The average Bonchev–Trinajstić information content (AvgIpc) is 2.87. The van der Waals surface area contributed by atoms with Crippen LogP contribution < -0.4 is 14.8 Å². The number of methoxy groups -OCH3 is 2. The van der Waals surface area contributed by atoms with Gasteiger partial charge in [0.25, 0.3) is 0 Å². The SMILES string of the molecule is CCCCNc1nc2c(c3ccccc13)C(c1cccc(OC)c1OC)Cc1ccccc1-2. The normalized spacial score (nSPS) is 14.5. The summed E-state index contributed by atoms with van der Waals surface area (Å²) in [6.07, 6.45) is 3.16. The van der Waals surface area contributed by atoms with Gasteiger partial charge in [0.15, 0.2) is 11.5 Å². The van der Waals surface area contributed by atoms with Crippen LogP contribution in [0.3, 0.4) is 0 Å². The number of nitrogens with one attached hydrogen (secondary N) is 1. The van der Waals surface area contributed by atoms with Gasteiger partial charge >= 0.3 is 0 Å². The van der Waals surface area contributed by atoms with Gasteiger partial charge in [0.2, 0.25) is 0 Å². The minimum atomic E-state index is 0.113. The summed E-state index contributed by atoms with van der Waals surface area (Å²) in [6, 6.07) is 23.4. The Morgan fingerprint density at radius 2 is 1.70 bits per heavy atom. The molecule has 4 nitrogen and oxygen atoms in total. The molecule has 1 aromatic heterocycles. The Labute approximate surface area is 195 Å². The molecule has 0 fully saturated rings. The van der Waals surface area contributed by atoms with Crippen LogP contribution in [0.1, 0.15) is 42.4 Å². The summed E-state index contributed by atoms with van der Waals surface area (Å²) in [6.45, 7) is 3.13. The molecule has 0 aliphatic heterocycles. The number of benzene rings is 3. The fourth-order valence-corrected chi connectivity index (χ4v) is 5.06. The van der Waals surface area contributed by atoms with E-state index in [9.17, 15) is 0 Å². The van der Waals surface area contributed by atoms with Crippen LogP contribution in [0.15, 0.2) is 66.7 Å². The number of fused-ring (bicyclic) bond motifs is 5. The fraction of sp³-hybridized carbons (Fsp3) is 0.276. The predicted molar refractivity (Wildman–Crippen MR) is 136 cm³/mol. The van der Waals surface area contributed by atoms with Gasteiger partial charge in [-0.1, -0.05) is 74.0 Å². The molecular weight excluding hydrogens is 408 g/mol. The van der Waals surface area contributed by atoms with E-state index in [1.807, 2.05) is 12.1 Å². The van der Waals surface area contributed by atoms with Gasteiger partial charge in [0, 0.05) is 29.0 Å². The number of ether oxygens (including phenoxy) is 2. The zero-order chi connectivity index (χ0) is 22.8. The molecule has 0 saturated carbocycles. The van der Waals surface area contributed by atoms with Crippen molar-refractivity contribution in [3.63, 3.8) is 0 Å². The second-order valence-electron chi connectivity index (χ2n) is 8.55. The van der Waals surface area contributed by atoms with Crippen molar-refractivity contribution in [1.82, 2.24) is 4.98 Å². The van der Waals surface area contributed by atoms with Crippen LogP contribution in [-0.2, 0) is 6.42 Å². The lowest BCUT2D eigenvalue weighted by Crippen LogP contribution is -2.17. The maximum absolute atomic E-state index is 5.87. The first-order chi connectivity index (χ1) is 16.3. The van der Waals surface area contributed by atoms with Crippen LogP contribution >= 0.6 is 0 Å². The third-order valence-electron chi connectivity index (χ3n) is 6.63. The van der Waals surface area contributed by atoms with E-state index in [2.05, 4.69) is 66.8 Å². The van der Waals surface area contributed by atoms with Gasteiger partial charge in [0.1, 0.15) is 5.82 Å².